The molecule has 1 aromatic rings. The highest BCUT2D eigenvalue weighted by Gasteiger charge is 2.31. The number of hydrogen-bond acceptors (Lipinski definition) is 3. The highest BCUT2D eigenvalue weighted by Crippen LogP contribution is 2.28. The van der Waals surface area contributed by atoms with Gasteiger partial charge in [-0.2, -0.15) is 0 Å². The SMILES string of the molecule is CC1(C)CN(C(=O)CCC2Cc3ccccc3NC2=O)CCO1. The van der Waals surface area contributed by atoms with Crippen LogP contribution in [0.1, 0.15) is 32.3 Å². The fourth-order valence-electron chi connectivity index (χ4n) is 3.33. The van der Waals surface area contributed by atoms with Crippen molar-refractivity contribution in [1.29, 1.82) is 0 Å². The summed E-state index contributed by atoms with van der Waals surface area (Å²) in [6.07, 6.45) is 1.72. The number of carbonyl (C=O) groups is 2. The second kappa shape index (κ2) is 6.32. The van der Waals surface area contributed by atoms with Gasteiger partial charge in [-0.15, -0.1) is 0 Å². The molecule has 0 aromatic heterocycles. The number of benzene rings is 1. The Morgan fingerprint density at radius 1 is 1.39 bits per heavy atom. The fraction of sp³-hybridized carbons (Fsp3) is 0.556. The molecule has 1 fully saturated rings. The smallest absolute Gasteiger partial charge is 0.227 e. The van der Waals surface area contributed by atoms with E-state index in [0.717, 1.165) is 11.3 Å². The number of amides is 2. The second-order valence-corrected chi connectivity index (χ2v) is 7.01. The summed E-state index contributed by atoms with van der Waals surface area (Å²) >= 11 is 0. The number of ether oxygens (including phenoxy) is 1. The molecule has 0 spiro atoms. The van der Waals surface area contributed by atoms with Crippen LogP contribution in [0.4, 0.5) is 5.69 Å². The molecular formula is C18H24N2O3. The van der Waals surface area contributed by atoms with Gasteiger partial charge in [0.15, 0.2) is 0 Å². The quantitative estimate of drug-likeness (QED) is 0.930. The first-order chi connectivity index (χ1) is 10.9. The maximum atomic E-state index is 12.4. The molecule has 1 saturated heterocycles. The van der Waals surface area contributed by atoms with Gasteiger partial charge in [0, 0.05) is 31.1 Å². The van der Waals surface area contributed by atoms with Crippen LogP contribution in [-0.4, -0.2) is 42.0 Å². The largest absolute Gasteiger partial charge is 0.372 e. The maximum absolute atomic E-state index is 12.4. The topological polar surface area (TPSA) is 58.6 Å². The van der Waals surface area contributed by atoms with E-state index in [4.69, 9.17) is 4.74 Å². The lowest BCUT2D eigenvalue weighted by Gasteiger charge is -2.38. The van der Waals surface area contributed by atoms with Crippen LogP contribution in [0.2, 0.25) is 0 Å². The number of para-hydroxylation sites is 1. The van der Waals surface area contributed by atoms with Gasteiger partial charge in [0.05, 0.1) is 12.2 Å². The molecule has 1 atom stereocenters. The van der Waals surface area contributed by atoms with Gasteiger partial charge in [-0.25, -0.2) is 0 Å². The van der Waals surface area contributed by atoms with Gasteiger partial charge in [-0.05, 0) is 38.3 Å². The monoisotopic (exact) mass is 316 g/mol. The van der Waals surface area contributed by atoms with Crippen molar-refractivity contribution in [2.75, 3.05) is 25.0 Å². The van der Waals surface area contributed by atoms with Crippen molar-refractivity contribution in [2.24, 2.45) is 5.92 Å². The molecule has 2 aliphatic rings. The van der Waals surface area contributed by atoms with Crippen LogP contribution >= 0.6 is 0 Å². The molecule has 1 aromatic carbocycles. The Kier molecular flexibility index (Phi) is 4.39. The van der Waals surface area contributed by atoms with Gasteiger partial charge in [0.2, 0.25) is 11.8 Å². The Hall–Kier alpha value is -1.88. The summed E-state index contributed by atoms with van der Waals surface area (Å²) in [4.78, 5) is 26.5. The lowest BCUT2D eigenvalue weighted by atomic mass is 9.89. The molecule has 5 nitrogen and oxygen atoms in total. The Morgan fingerprint density at radius 3 is 2.96 bits per heavy atom. The Bertz CT molecular complexity index is 612. The van der Waals surface area contributed by atoms with Crippen LogP contribution < -0.4 is 5.32 Å². The standard InChI is InChI=1S/C18H24N2O3/c1-18(2)12-20(9-10-23-18)16(21)8-7-14-11-13-5-3-4-6-15(13)19-17(14)22/h3-6,14H,7-12H2,1-2H3,(H,19,22). The first-order valence-corrected chi connectivity index (χ1v) is 8.25. The van der Waals surface area contributed by atoms with E-state index < -0.39 is 0 Å². The van der Waals surface area contributed by atoms with Crippen LogP contribution in [0.25, 0.3) is 0 Å². The van der Waals surface area contributed by atoms with Crippen LogP contribution in [0, 0.1) is 5.92 Å². The summed E-state index contributed by atoms with van der Waals surface area (Å²) in [5, 5.41) is 2.94. The van der Waals surface area contributed by atoms with Crippen LogP contribution in [0.15, 0.2) is 24.3 Å². The predicted octanol–water partition coefficient (Wildman–Crippen LogP) is 2.21. The third-order valence-electron chi connectivity index (χ3n) is 4.60. The molecule has 0 aliphatic carbocycles. The number of carbonyl (C=O) groups excluding carboxylic acids is 2. The molecule has 0 bridgehead atoms. The molecule has 1 N–H and O–H groups in total. The number of anilines is 1. The maximum Gasteiger partial charge on any atom is 0.227 e. The summed E-state index contributed by atoms with van der Waals surface area (Å²) in [5.74, 6) is 0.0229. The normalized spacial score (nSPS) is 23.1. The summed E-state index contributed by atoms with van der Waals surface area (Å²) in [6.45, 7) is 5.83. The van der Waals surface area contributed by atoms with E-state index in [1.165, 1.54) is 0 Å². The van der Waals surface area contributed by atoms with E-state index in [1.807, 2.05) is 43.0 Å². The zero-order valence-corrected chi connectivity index (χ0v) is 13.8. The highest BCUT2D eigenvalue weighted by molar-refractivity contribution is 5.96. The third kappa shape index (κ3) is 3.72. The van der Waals surface area contributed by atoms with Crippen molar-refractivity contribution in [3.05, 3.63) is 29.8 Å². The van der Waals surface area contributed by atoms with Gasteiger partial charge in [0.25, 0.3) is 0 Å². The van der Waals surface area contributed by atoms with E-state index in [-0.39, 0.29) is 23.3 Å². The lowest BCUT2D eigenvalue weighted by molar-refractivity contribution is -0.146. The zero-order valence-electron chi connectivity index (χ0n) is 13.8. The molecule has 5 heteroatoms. The first-order valence-electron chi connectivity index (χ1n) is 8.25. The number of rotatable bonds is 3. The van der Waals surface area contributed by atoms with E-state index in [0.29, 0.717) is 39.0 Å². The van der Waals surface area contributed by atoms with Crippen LogP contribution in [0.3, 0.4) is 0 Å². The number of fused-ring (bicyclic) bond motifs is 1. The van der Waals surface area contributed by atoms with Crippen LogP contribution in [0.5, 0.6) is 0 Å². The van der Waals surface area contributed by atoms with E-state index in [2.05, 4.69) is 5.32 Å². The predicted molar refractivity (Wildman–Crippen MR) is 88.1 cm³/mol. The fourth-order valence-corrected chi connectivity index (χ4v) is 3.33. The van der Waals surface area contributed by atoms with Gasteiger partial charge < -0.3 is 15.0 Å². The Morgan fingerprint density at radius 2 is 2.17 bits per heavy atom. The minimum absolute atomic E-state index is 0.0267. The number of hydrogen-bond donors (Lipinski definition) is 1. The van der Waals surface area contributed by atoms with Crippen LogP contribution in [-0.2, 0) is 20.7 Å². The summed E-state index contributed by atoms with van der Waals surface area (Å²) in [7, 11) is 0. The van der Waals surface area contributed by atoms with Crippen molar-refractivity contribution in [3.8, 4) is 0 Å². The number of nitrogens with one attached hydrogen (secondary N) is 1. The summed E-state index contributed by atoms with van der Waals surface area (Å²) in [6, 6.07) is 7.86. The summed E-state index contributed by atoms with van der Waals surface area (Å²) in [5.41, 5.74) is 1.77. The van der Waals surface area contributed by atoms with Crippen molar-refractivity contribution in [1.82, 2.24) is 4.90 Å². The van der Waals surface area contributed by atoms with E-state index >= 15 is 0 Å². The molecule has 23 heavy (non-hydrogen) atoms. The van der Waals surface area contributed by atoms with Crippen molar-refractivity contribution < 1.29 is 14.3 Å². The average Bonchev–Trinajstić information content (AvgIpc) is 2.51. The average molecular weight is 316 g/mol. The second-order valence-electron chi connectivity index (χ2n) is 7.01. The zero-order chi connectivity index (χ0) is 16.4. The van der Waals surface area contributed by atoms with Gasteiger partial charge in [-0.1, -0.05) is 18.2 Å². The molecule has 0 saturated carbocycles. The molecular weight excluding hydrogens is 292 g/mol. The lowest BCUT2D eigenvalue weighted by Crippen LogP contribution is -2.50. The molecule has 1 unspecified atom stereocenters. The molecule has 124 valence electrons. The van der Waals surface area contributed by atoms with Crippen molar-refractivity contribution in [2.45, 2.75) is 38.7 Å². The van der Waals surface area contributed by atoms with Crippen molar-refractivity contribution >= 4 is 17.5 Å². The Balaban J connectivity index is 1.56. The molecule has 3 rings (SSSR count). The van der Waals surface area contributed by atoms with Gasteiger partial charge in [0.1, 0.15) is 0 Å². The van der Waals surface area contributed by atoms with E-state index in [1.54, 1.807) is 0 Å². The van der Waals surface area contributed by atoms with Gasteiger partial charge in [-0.3, -0.25) is 9.59 Å². The van der Waals surface area contributed by atoms with Gasteiger partial charge >= 0.3 is 0 Å². The Labute approximate surface area is 137 Å². The first kappa shape index (κ1) is 16.0. The molecule has 2 aliphatic heterocycles. The minimum atomic E-state index is -0.283. The number of morpholine rings is 1. The molecule has 2 heterocycles. The molecule has 2 amide bonds. The minimum Gasteiger partial charge on any atom is -0.372 e. The third-order valence-corrected chi connectivity index (χ3v) is 4.60. The highest BCUT2D eigenvalue weighted by atomic mass is 16.5. The van der Waals surface area contributed by atoms with Crippen molar-refractivity contribution in [3.63, 3.8) is 0 Å². The summed E-state index contributed by atoms with van der Waals surface area (Å²) < 4.78 is 5.64. The molecule has 0 radical (unpaired) electrons. The number of nitrogens with zero attached hydrogens (tertiary/aromatic N) is 1. The van der Waals surface area contributed by atoms with E-state index in [9.17, 15) is 9.59 Å².